The average Bonchev–Trinajstić information content (AvgIpc) is 2.35. The van der Waals surface area contributed by atoms with E-state index in [0.717, 1.165) is 18.6 Å². The molecule has 1 aliphatic heterocycles. The topological polar surface area (TPSA) is 37.4 Å². The lowest BCUT2D eigenvalue weighted by atomic mass is 10.3. The van der Waals surface area contributed by atoms with Crippen LogP contribution < -0.4 is 0 Å². The van der Waals surface area contributed by atoms with Crippen molar-refractivity contribution >= 4 is 24.4 Å². The minimum atomic E-state index is -0.0147. The van der Waals surface area contributed by atoms with E-state index in [1.807, 2.05) is 0 Å². The molecule has 0 aromatic carbocycles. The molecule has 3 nitrogen and oxygen atoms in total. The molecule has 0 aromatic rings. The van der Waals surface area contributed by atoms with E-state index in [2.05, 4.69) is 12.6 Å². The van der Waals surface area contributed by atoms with Crippen molar-refractivity contribution < 1.29 is 9.59 Å². The Bertz CT molecular complexity index is 177. The Balaban J connectivity index is 2.30. The first-order valence-electron chi connectivity index (χ1n) is 4.20. The zero-order chi connectivity index (χ0) is 8.97. The third-order valence-electron chi connectivity index (χ3n) is 1.94. The van der Waals surface area contributed by atoms with Gasteiger partial charge in [-0.05, 0) is 18.6 Å². The highest BCUT2D eigenvalue weighted by atomic mass is 32.1. The zero-order valence-electron chi connectivity index (χ0n) is 6.95. The molecule has 0 saturated carbocycles. The van der Waals surface area contributed by atoms with Crippen LogP contribution in [-0.4, -0.2) is 29.0 Å². The van der Waals surface area contributed by atoms with Gasteiger partial charge < -0.3 is 0 Å². The van der Waals surface area contributed by atoms with Crippen LogP contribution in [0, 0.1) is 0 Å². The van der Waals surface area contributed by atoms with Crippen LogP contribution in [0.4, 0.5) is 0 Å². The number of amides is 2. The summed E-state index contributed by atoms with van der Waals surface area (Å²) in [5.41, 5.74) is 0. The summed E-state index contributed by atoms with van der Waals surface area (Å²) in [6, 6.07) is 0. The van der Waals surface area contributed by atoms with Gasteiger partial charge in [0.15, 0.2) is 0 Å². The fraction of sp³-hybridized carbons (Fsp3) is 0.750. The van der Waals surface area contributed by atoms with Gasteiger partial charge in [0.05, 0.1) is 0 Å². The molecule has 0 atom stereocenters. The second-order valence-electron chi connectivity index (χ2n) is 2.87. The van der Waals surface area contributed by atoms with E-state index < -0.39 is 0 Å². The van der Waals surface area contributed by atoms with Gasteiger partial charge in [-0.25, -0.2) is 0 Å². The van der Waals surface area contributed by atoms with Crippen LogP contribution in [0.2, 0.25) is 0 Å². The van der Waals surface area contributed by atoms with Crippen LogP contribution in [0.1, 0.15) is 25.7 Å². The molecule has 1 aliphatic rings. The van der Waals surface area contributed by atoms with Crippen molar-refractivity contribution in [2.45, 2.75) is 25.7 Å². The monoisotopic (exact) mass is 187 g/mol. The zero-order valence-corrected chi connectivity index (χ0v) is 7.85. The lowest BCUT2D eigenvalue weighted by Crippen LogP contribution is -2.29. The number of nitrogens with zero attached hydrogens (tertiary/aromatic N) is 1. The quantitative estimate of drug-likeness (QED) is 0.402. The molecule has 0 spiro atoms. The molecule has 0 aromatic heterocycles. The third kappa shape index (κ3) is 2.24. The summed E-state index contributed by atoms with van der Waals surface area (Å²) >= 11 is 4.05. The Kier molecular flexibility index (Phi) is 3.59. The second kappa shape index (κ2) is 4.50. The van der Waals surface area contributed by atoms with Gasteiger partial charge in [0.1, 0.15) is 0 Å². The van der Waals surface area contributed by atoms with E-state index in [-0.39, 0.29) is 11.8 Å². The van der Waals surface area contributed by atoms with Gasteiger partial charge in [-0.3, -0.25) is 14.5 Å². The van der Waals surface area contributed by atoms with E-state index in [9.17, 15) is 9.59 Å². The fourth-order valence-electron chi connectivity index (χ4n) is 1.25. The van der Waals surface area contributed by atoms with E-state index in [4.69, 9.17) is 0 Å². The summed E-state index contributed by atoms with van der Waals surface area (Å²) in [5, 5.41) is 0. The van der Waals surface area contributed by atoms with Crippen molar-refractivity contribution in [3.05, 3.63) is 0 Å². The number of unbranched alkanes of at least 4 members (excludes halogenated alkanes) is 1. The molecule has 0 aliphatic carbocycles. The molecule has 0 bridgehead atoms. The summed E-state index contributed by atoms with van der Waals surface area (Å²) < 4.78 is 0. The predicted octanol–water partition coefficient (Wildman–Crippen LogP) is 0.845. The van der Waals surface area contributed by atoms with Crippen LogP contribution >= 0.6 is 12.6 Å². The van der Waals surface area contributed by atoms with Crippen molar-refractivity contribution in [2.75, 3.05) is 12.3 Å². The first kappa shape index (κ1) is 9.58. The van der Waals surface area contributed by atoms with Gasteiger partial charge in [0.25, 0.3) is 0 Å². The van der Waals surface area contributed by atoms with Crippen molar-refractivity contribution in [2.24, 2.45) is 0 Å². The standard InChI is InChI=1S/C8H13NO2S/c10-7-3-4-8(11)9(7)5-1-2-6-12/h12H,1-6H2. The summed E-state index contributed by atoms with van der Waals surface area (Å²) in [6.07, 6.45) is 2.64. The van der Waals surface area contributed by atoms with Crippen LogP contribution in [0.15, 0.2) is 0 Å². The van der Waals surface area contributed by atoms with Crippen LogP contribution in [0.25, 0.3) is 0 Å². The first-order chi connectivity index (χ1) is 5.75. The normalized spacial score (nSPS) is 17.6. The second-order valence-corrected chi connectivity index (χ2v) is 3.32. The Morgan fingerprint density at radius 2 is 1.75 bits per heavy atom. The molecule has 0 unspecified atom stereocenters. The van der Waals surface area contributed by atoms with Crippen molar-refractivity contribution in [1.82, 2.24) is 4.90 Å². The highest BCUT2D eigenvalue weighted by molar-refractivity contribution is 7.80. The smallest absolute Gasteiger partial charge is 0.229 e. The van der Waals surface area contributed by atoms with Crippen LogP contribution in [0.3, 0.4) is 0 Å². The number of thiol groups is 1. The Morgan fingerprint density at radius 3 is 2.25 bits per heavy atom. The molecule has 1 fully saturated rings. The van der Waals surface area contributed by atoms with Crippen molar-refractivity contribution in [3.63, 3.8) is 0 Å². The number of hydrogen-bond acceptors (Lipinski definition) is 3. The molecule has 0 radical (unpaired) electrons. The summed E-state index contributed by atoms with van der Waals surface area (Å²) in [6.45, 7) is 0.582. The van der Waals surface area contributed by atoms with Crippen LogP contribution in [-0.2, 0) is 9.59 Å². The SMILES string of the molecule is O=C1CCC(=O)N1CCCCS. The third-order valence-corrected chi connectivity index (χ3v) is 2.26. The molecule has 1 heterocycles. The maximum Gasteiger partial charge on any atom is 0.229 e. The maximum atomic E-state index is 11.1. The molecule has 4 heteroatoms. The molecule has 12 heavy (non-hydrogen) atoms. The molecule has 2 amide bonds. The van der Waals surface area contributed by atoms with E-state index in [1.54, 1.807) is 0 Å². The van der Waals surface area contributed by atoms with Gasteiger partial charge >= 0.3 is 0 Å². The highest BCUT2D eigenvalue weighted by Gasteiger charge is 2.27. The van der Waals surface area contributed by atoms with E-state index in [0.29, 0.717) is 19.4 Å². The minimum absolute atomic E-state index is 0.0147. The van der Waals surface area contributed by atoms with Gasteiger partial charge in [-0.15, -0.1) is 0 Å². The largest absolute Gasteiger partial charge is 0.283 e. The predicted molar refractivity (Wildman–Crippen MR) is 49.0 cm³/mol. The fourth-order valence-corrected chi connectivity index (χ4v) is 1.48. The first-order valence-corrected chi connectivity index (χ1v) is 4.83. The summed E-state index contributed by atoms with van der Waals surface area (Å²) in [4.78, 5) is 23.5. The minimum Gasteiger partial charge on any atom is -0.283 e. The van der Waals surface area contributed by atoms with Crippen molar-refractivity contribution in [3.8, 4) is 0 Å². The number of carbonyl (C=O) groups is 2. The Labute approximate surface area is 77.5 Å². The number of imide groups is 1. The van der Waals surface area contributed by atoms with Gasteiger partial charge in [-0.2, -0.15) is 12.6 Å². The lowest BCUT2D eigenvalue weighted by molar-refractivity contribution is -0.138. The Morgan fingerprint density at radius 1 is 1.17 bits per heavy atom. The molecule has 68 valence electrons. The van der Waals surface area contributed by atoms with Gasteiger partial charge in [-0.1, -0.05) is 0 Å². The van der Waals surface area contributed by atoms with Gasteiger partial charge in [0, 0.05) is 19.4 Å². The lowest BCUT2D eigenvalue weighted by Gasteiger charge is -2.12. The highest BCUT2D eigenvalue weighted by Crippen LogP contribution is 2.12. The maximum absolute atomic E-state index is 11.1. The van der Waals surface area contributed by atoms with Crippen molar-refractivity contribution in [1.29, 1.82) is 0 Å². The van der Waals surface area contributed by atoms with Gasteiger partial charge in [0.2, 0.25) is 11.8 Å². The number of carbonyl (C=O) groups excluding carboxylic acids is 2. The number of rotatable bonds is 4. The summed E-state index contributed by atoms with van der Waals surface area (Å²) in [7, 11) is 0. The molecule has 1 saturated heterocycles. The molecular formula is C8H13NO2S. The average molecular weight is 187 g/mol. The van der Waals surface area contributed by atoms with Crippen LogP contribution in [0.5, 0.6) is 0 Å². The van der Waals surface area contributed by atoms with E-state index >= 15 is 0 Å². The Hall–Kier alpha value is -0.510. The number of hydrogen-bond donors (Lipinski definition) is 1. The molecular weight excluding hydrogens is 174 g/mol. The molecule has 1 rings (SSSR count). The van der Waals surface area contributed by atoms with E-state index in [1.165, 1.54) is 4.90 Å². The molecule has 0 N–H and O–H groups in total. The summed E-state index contributed by atoms with van der Waals surface area (Å²) in [5.74, 6) is 0.786. The number of likely N-dealkylation sites (tertiary alicyclic amines) is 1.